The van der Waals surface area contributed by atoms with Crippen LogP contribution in [0.15, 0.2) is 47.4 Å². The van der Waals surface area contributed by atoms with Gasteiger partial charge in [-0.1, -0.05) is 39.0 Å². The Morgan fingerprint density at radius 1 is 1.29 bits per heavy atom. The number of rotatable bonds is 6. The summed E-state index contributed by atoms with van der Waals surface area (Å²) in [5.41, 5.74) is 6.26. The molecule has 1 fully saturated rings. The van der Waals surface area contributed by atoms with Gasteiger partial charge in [0, 0.05) is 24.2 Å². The van der Waals surface area contributed by atoms with Crippen molar-refractivity contribution in [1.82, 2.24) is 9.55 Å². The number of nitrogens with two attached hydrogens (primary N) is 1. The quantitative estimate of drug-likeness (QED) is 0.663. The number of carbonyl (C=O) groups is 1. The fourth-order valence-electron chi connectivity index (χ4n) is 3.07. The zero-order chi connectivity index (χ0) is 22.8. The Morgan fingerprint density at radius 2 is 1.97 bits per heavy atom. The molecule has 168 valence electrons. The maximum absolute atomic E-state index is 12.6. The molecule has 0 radical (unpaired) electrons. The number of aromatic nitrogens is 2. The molecule has 0 saturated carbocycles. The molecule has 0 spiro atoms. The maximum Gasteiger partial charge on any atom is 0.351 e. The summed E-state index contributed by atoms with van der Waals surface area (Å²) >= 11 is 0. The van der Waals surface area contributed by atoms with Gasteiger partial charge < -0.3 is 20.2 Å². The van der Waals surface area contributed by atoms with Crippen molar-refractivity contribution in [2.24, 2.45) is 5.73 Å². The van der Waals surface area contributed by atoms with Crippen molar-refractivity contribution in [1.29, 1.82) is 0 Å². The van der Waals surface area contributed by atoms with E-state index in [1.165, 1.54) is 4.57 Å². The first kappa shape index (κ1) is 23.3. The van der Waals surface area contributed by atoms with Gasteiger partial charge in [-0.25, -0.2) is 4.79 Å². The van der Waals surface area contributed by atoms with Crippen molar-refractivity contribution in [2.75, 3.05) is 11.9 Å². The summed E-state index contributed by atoms with van der Waals surface area (Å²) in [4.78, 5) is 28.8. The van der Waals surface area contributed by atoms with Crippen LogP contribution in [-0.2, 0) is 9.16 Å². The van der Waals surface area contributed by atoms with Crippen LogP contribution < -0.4 is 16.7 Å². The van der Waals surface area contributed by atoms with E-state index < -0.39 is 20.2 Å². The van der Waals surface area contributed by atoms with Gasteiger partial charge in [0.15, 0.2) is 8.32 Å². The Bertz CT molecular complexity index is 971. The zero-order valence-corrected chi connectivity index (χ0v) is 19.8. The topological polar surface area (TPSA) is 108 Å². The monoisotopic (exact) mass is 444 g/mol. The molecule has 31 heavy (non-hydrogen) atoms. The van der Waals surface area contributed by atoms with Crippen LogP contribution in [0.5, 0.6) is 0 Å². The van der Waals surface area contributed by atoms with E-state index in [4.69, 9.17) is 14.9 Å². The van der Waals surface area contributed by atoms with Gasteiger partial charge in [-0.2, -0.15) is 4.98 Å². The van der Waals surface area contributed by atoms with Crippen LogP contribution in [0.25, 0.3) is 0 Å². The summed E-state index contributed by atoms with van der Waals surface area (Å²) in [6, 6.07) is 10.1. The number of carbonyl (C=O) groups excluding carboxylic acids is 1. The van der Waals surface area contributed by atoms with E-state index in [9.17, 15) is 9.59 Å². The third-order valence-corrected chi connectivity index (χ3v) is 10.6. The van der Waals surface area contributed by atoms with E-state index in [0.29, 0.717) is 18.6 Å². The van der Waals surface area contributed by atoms with Gasteiger partial charge in [0.25, 0.3) is 5.91 Å². The number of anilines is 1. The predicted octanol–water partition coefficient (Wildman–Crippen LogP) is 3.13. The number of hydrogen-bond acceptors (Lipinski definition) is 6. The van der Waals surface area contributed by atoms with E-state index in [2.05, 4.69) is 44.2 Å². The highest BCUT2D eigenvalue weighted by atomic mass is 28.4. The second-order valence-electron chi connectivity index (χ2n) is 9.42. The van der Waals surface area contributed by atoms with Crippen molar-refractivity contribution in [3.63, 3.8) is 0 Å². The first-order chi connectivity index (χ1) is 14.5. The largest absolute Gasteiger partial charge is 0.414 e. The first-order valence-corrected chi connectivity index (χ1v) is 13.4. The Morgan fingerprint density at radius 3 is 2.58 bits per heavy atom. The summed E-state index contributed by atoms with van der Waals surface area (Å²) in [5.74, 6) is -0.137. The summed E-state index contributed by atoms with van der Waals surface area (Å²) < 4.78 is 13.7. The van der Waals surface area contributed by atoms with Gasteiger partial charge in [-0.15, -0.1) is 0 Å². The highest BCUT2D eigenvalue weighted by Gasteiger charge is 2.40. The molecule has 1 aliphatic rings. The third-order valence-electron chi connectivity index (χ3n) is 6.12. The SMILES string of the molecule is CC(C)(C)[Si](C)(C)OC[C@H]1O[C@@H](n2ccc(NC(=O)c3ccccc3)nc2=O)C[C@H]1N. The summed E-state index contributed by atoms with van der Waals surface area (Å²) in [6.07, 6.45) is 1.26. The van der Waals surface area contributed by atoms with Crippen LogP contribution >= 0.6 is 0 Å². The van der Waals surface area contributed by atoms with Gasteiger partial charge in [-0.3, -0.25) is 9.36 Å². The molecule has 3 N–H and O–H groups in total. The fourth-order valence-corrected chi connectivity index (χ4v) is 4.09. The van der Waals surface area contributed by atoms with Gasteiger partial charge in [-0.05, 0) is 36.3 Å². The molecule has 3 atom stereocenters. The number of nitrogens with zero attached hydrogens (tertiary/aromatic N) is 2. The number of hydrogen-bond donors (Lipinski definition) is 2. The first-order valence-electron chi connectivity index (χ1n) is 10.5. The number of nitrogens with one attached hydrogen (secondary N) is 1. The molecule has 0 bridgehead atoms. The van der Waals surface area contributed by atoms with Gasteiger partial charge in [0.1, 0.15) is 12.0 Å². The molecule has 8 nitrogen and oxygen atoms in total. The molecular formula is C22H32N4O4Si. The third kappa shape index (κ3) is 5.48. The number of benzene rings is 1. The molecule has 1 saturated heterocycles. The van der Waals surface area contributed by atoms with Gasteiger partial charge in [0.05, 0.1) is 12.7 Å². The van der Waals surface area contributed by atoms with Crippen LogP contribution in [-0.4, -0.2) is 42.5 Å². The Labute approximate surface area is 183 Å². The molecule has 0 aliphatic carbocycles. The van der Waals surface area contributed by atoms with Gasteiger partial charge >= 0.3 is 5.69 Å². The van der Waals surface area contributed by atoms with Crippen molar-refractivity contribution >= 4 is 20.0 Å². The van der Waals surface area contributed by atoms with E-state index in [0.717, 1.165) is 0 Å². The summed E-state index contributed by atoms with van der Waals surface area (Å²) in [5, 5.41) is 2.73. The van der Waals surface area contributed by atoms with Crippen LogP contribution in [0.1, 0.15) is 43.8 Å². The summed E-state index contributed by atoms with van der Waals surface area (Å²) in [6.45, 7) is 11.3. The summed E-state index contributed by atoms with van der Waals surface area (Å²) in [7, 11) is -1.92. The Balaban J connectivity index is 1.64. The molecule has 0 unspecified atom stereocenters. The Hall–Kier alpha value is -2.33. The van der Waals surface area contributed by atoms with Gasteiger partial charge in [0.2, 0.25) is 0 Å². The minimum Gasteiger partial charge on any atom is -0.414 e. The normalized spacial score (nSPS) is 21.8. The van der Waals surface area contributed by atoms with Crippen LogP contribution in [0.3, 0.4) is 0 Å². The van der Waals surface area contributed by atoms with E-state index in [1.54, 1.807) is 36.5 Å². The van der Waals surface area contributed by atoms with Crippen LogP contribution in [0, 0.1) is 0 Å². The number of ether oxygens (including phenoxy) is 1. The molecule has 2 heterocycles. The molecule has 1 aliphatic heterocycles. The number of amides is 1. The molecular weight excluding hydrogens is 412 g/mol. The highest BCUT2D eigenvalue weighted by molar-refractivity contribution is 6.74. The highest BCUT2D eigenvalue weighted by Crippen LogP contribution is 2.37. The van der Waals surface area contributed by atoms with Crippen LogP contribution in [0.4, 0.5) is 5.82 Å². The fraction of sp³-hybridized carbons (Fsp3) is 0.500. The average molecular weight is 445 g/mol. The molecule has 1 aromatic carbocycles. The van der Waals surface area contributed by atoms with E-state index >= 15 is 0 Å². The van der Waals surface area contributed by atoms with Crippen LogP contribution in [0.2, 0.25) is 18.1 Å². The molecule has 1 aromatic heterocycles. The maximum atomic E-state index is 12.6. The predicted molar refractivity (Wildman–Crippen MR) is 123 cm³/mol. The zero-order valence-electron chi connectivity index (χ0n) is 18.8. The second kappa shape index (κ2) is 9.03. The lowest BCUT2D eigenvalue weighted by Crippen LogP contribution is -2.45. The van der Waals surface area contributed by atoms with Crippen molar-refractivity contribution in [2.45, 2.75) is 63.7 Å². The van der Waals surface area contributed by atoms with E-state index in [-0.39, 0.29) is 28.9 Å². The lowest BCUT2D eigenvalue weighted by Gasteiger charge is -2.37. The molecule has 1 amide bonds. The van der Waals surface area contributed by atoms with Crippen molar-refractivity contribution in [3.8, 4) is 0 Å². The standard InChI is InChI=1S/C22H32N4O4Si/c1-22(2,3)31(4,5)29-14-17-16(23)13-19(30-17)26-12-11-18(25-21(26)28)24-20(27)15-9-7-6-8-10-15/h6-12,16-17,19H,13-14,23H2,1-5H3,(H,24,25,27,28)/t16-,17-,19-/m1/s1. The minimum absolute atomic E-state index is 0.0932. The second-order valence-corrected chi connectivity index (χ2v) is 14.2. The lowest BCUT2D eigenvalue weighted by molar-refractivity contribution is -0.0245. The average Bonchev–Trinajstić information content (AvgIpc) is 3.06. The van der Waals surface area contributed by atoms with Crippen molar-refractivity contribution < 1.29 is 14.0 Å². The molecule has 2 aromatic rings. The minimum atomic E-state index is -1.92. The smallest absolute Gasteiger partial charge is 0.351 e. The van der Waals surface area contributed by atoms with E-state index in [1.807, 2.05) is 6.07 Å². The molecule has 9 heteroatoms. The lowest BCUT2D eigenvalue weighted by atomic mass is 10.1. The Kier molecular flexibility index (Phi) is 6.80. The van der Waals surface area contributed by atoms with Crippen molar-refractivity contribution in [3.05, 3.63) is 58.6 Å². The molecule has 3 rings (SSSR count).